The van der Waals surface area contributed by atoms with Crippen molar-refractivity contribution in [3.05, 3.63) is 29.3 Å². The van der Waals surface area contributed by atoms with Crippen LogP contribution in [-0.4, -0.2) is 11.6 Å². The van der Waals surface area contributed by atoms with Gasteiger partial charge in [0.25, 0.3) is 0 Å². The maximum absolute atomic E-state index is 12.9. The summed E-state index contributed by atoms with van der Waals surface area (Å²) in [6.07, 6.45) is 0. The highest BCUT2D eigenvalue weighted by molar-refractivity contribution is 7.99. The van der Waals surface area contributed by atoms with Crippen molar-refractivity contribution in [2.45, 2.75) is 4.90 Å². The molecule has 0 saturated carbocycles. The van der Waals surface area contributed by atoms with Crippen LogP contribution in [0.4, 0.5) is 17.6 Å². The van der Waals surface area contributed by atoms with Gasteiger partial charge in [0.1, 0.15) is 0 Å². The summed E-state index contributed by atoms with van der Waals surface area (Å²) in [6.45, 7) is 0. The monoisotopic (exact) mass is 244 g/mol. The van der Waals surface area contributed by atoms with E-state index in [1.807, 2.05) is 0 Å². The Morgan fingerprint density at radius 2 is 1.57 bits per heavy atom. The van der Waals surface area contributed by atoms with Crippen molar-refractivity contribution in [2.24, 2.45) is 0 Å². The molecule has 14 heavy (non-hydrogen) atoms. The minimum atomic E-state index is -1.40. The van der Waals surface area contributed by atoms with Crippen molar-refractivity contribution < 1.29 is 17.6 Å². The molecule has 6 heteroatoms. The molecular formula is C8H5ClF4S. The van der Waals surface area contributed by atoms with Gasteiger partial charge in [-0.3, -0.25) is 0 Å². The third-order valence-corrected chi connectivity index (χ3v) is 2.86. The molecule has 1 aromatic carbocycles. The topological polar surface area (TPSA) is 0 Å². The first kappa shape index (κ1) is 11.7. The van der Waals surface area contributed by atoms with Gasteiger partial charge in [-0.05, 0) is 0 Å². The van der Waals surface area contributed by atoms with Gasteiger partial charge < -0.3 is 0 Å². The van der Waals surface area contributed by atoms with E-state index in [1.54, 1.807) is 0 Å². The Kier molecular flexibility index (Phi) is 4.07. The largest absolute Gasteiger partial charge is 0.204 e. The molecule has 0 nitrogen and oxygen atoms in total. The summed E-state index contributed by atoms with van der Waals surface area (Å²) in [5, 5.41) is 0. The molecule has 0 heterocycles. The second kappa shape index (κ2) is 4.89. The summed E-state index contributed by atoms with van der Waals surface area (Å²) in [4.78, 5) is -0.664. The lowest BCUT2D eigenvalue weighted by molar-refractivity contribution is 0.426. The smallest absolute Gasteiger partial charge is 0.175 e. The average molecular weight is 245 g/mol. The Morgan fingerprint density at radius 1 is 1.07 bits per heavy atom. The van der Waals surface area contributed by atoms with E-state index in [9.17, 15) is 17.6 Å². The second-order valence-electron chi connectivity index (χ2n) is 2.33. The van der Waals surface area contributed by atoms with E-state index >= 15 is 0 Å². The van der Waals surface area contributed by atoms with Gasteiger partial charge in [-0.1, -0.05) is 0 Å². The van der Waals surface area contributed by atoms with Crippen LogP contribution in [0.2, 0.25) is 0 Å². The summed E-state index contributed by atoms with van der Waals surface area (Å²) >= 11 is 5.92. The Morgan fingerprint density at radius 3 is 2.00 bits per heavy atom. The first-order chi connectivity index (χ1) is 6.57. The van der Waals surface area contributed by atoms with E-state index in [2.05, 4.69) is 0 Å². The summed E-state index contributed by atoms with van der Waals surface area (Å²) in [5.74, 6) is -5.24. The predicted molar refractivity (Wildman–Crippen MR) is 47.7 cm³/mol. The Bertz CT molecular complexity index is 316. The van der Waals surface area contributed by atoms with Crippen molar-refractivity contribution in [1.82, 2.24) is 0 Å². The van der Waals surface area contributed by atoms with Gasteiger partial charge in [-0.15, -0.1) is 23.4 Å². The van der Waals surface area contributed by atoms with Gasteiger partial charge >= 0.3 is 0 Å². The molecule has 0 aliphatic carbocycles. The number of rotatable bonds is 3. The number of hydrogen-bond acceptors (Lipinski definition) is 1. The second-order valence-corrected chi connectivity index (χ2v) is 3.82. The third kappa shape index (κ3) is 2.33. The van der Waals surface area contributed by atoms with Crippen LogP contribution in [-0.2, 0) is 0 Å². The molecule has 0 atom stereocenters. The molecular weight excluding hydrogens is 240 g/mol. The van der Waals surface area contributed by atoms with Gasteiger partial charge in [-0.2, -0.15) is 0 Å². The molecule has 1 rings (SSSR count). The van der Waals surface area contributed by atoms with Crippen LogP contribution in [0, 0.1) is 23.3 Å². The fraction of sp³-hybridized carbons (Fsp3) is 0.250. The van der Waals surface area contributed by atoms with E-state index < -0.39 is 28.2 Å². The lowest BCUT2D eigenvalue weighted by atomic mass is 10.3. The molecule has 0 bridgehead atoms. The summed E-state index contributed by atoms with van der Waals surface area (Å²) in [6, 6.07) is 0.176. The summed E-state index contributed by atoms with van der Waals surface area (Å²) in [5.41, 5.74) is 0. The van der Waals surface area contributed by atoms with Crippen LogP contribution in [0.3, 0.4) is 0 Å². The number of halogens is 5. The van der Waals surface area contributed by atoms with Crippen molar-refractivity contribution in [3.63, 3.8) is 0 Å². The molecule has 0 aliphatic rings. The summed E-state index contributed by atoms with van der Waals surface area (Å²) in [7, 11) is 0. The fourth-order valence-electron chi connectivity index (χ4n) is 0.819. The van der Waals surface area contributed by atoms with Crippen LogP contribution >= 0.6 is 23.4 Å². The lowest BCUT2D eigenvalue weighted by Crippen LogP contribution is -1.98. The molecule has 0 amide bonds. The van der Waals surface area contributed by atoms with Crippen molar-refractivity contribution in [2.75, 3.05) is 11.6 Å². The number of alkyl halides is 1. The molecule has 1 aromatic rings. The minimum absolute atomic E-state index is 0.141. The lowest BCUT2D eigenvalue weighted by Gasteiger charge is -2.04. The Labute approximate surface area is 87.2 Å². The van der Waals surface area contributed by atoms with Gasteiger partial charge in [0.15, 0.2) is 23.3 Å². The van der Waals surface area contributed by atoms with E-state index in [0.717, 1.165) is 0 Å². The van der Waals surface area contributed by atoms with Crippen LogP contribution < -0.4 is 0 Å². The molecule has 0 aliphatic heterocycles. The van der Waals surface area contributed by atoms with Gasteiger partial charge in [-0.25, -0.2) is 17.6 Å². The Balaban J connectivity index is 3.11. The molecule has 0 unspecified atom stereocenters. The van der Waals surface area contributed by atoms with Crippen LogP contribution in [0.1, 0.15) is 0 Å². The first-order valence-electron chi connectivity index (χ1n) is 3.59. The average Bonchev–Trinajstić information content (AvgIpc) is 2.15. The maximum Gasteiger partial charge on any atom is 0.175 e. The van der Waals surface area contributed by atoms with Gasteiger partial charge in [0.05, 0.1) is 4.90 Å². The van der Waals surface area contributed by atoms with Crippen LogP contribution in [0.5, 0.6) is 0 Å². The van der Waals surface area contributed by atoms with Crippen molar-refractivity contribution >= 4 is 23.4 Å². The first-order valence-corrected chi connectivity index (χ1v) is 5.11. The van der Waals surface area contributed by atoms with Crippen LogP contribution in [0.25, 0.3) is 0 Å². The number of hydrogen-bond donors (Lipinski definition) is 0. The zero-order valence-corrected chi connectivity index (χ0v) is 8.36. The quantitative estimate of drug-likeness (QED) is 0.339. The molecule has 0 fully saturated rings. The molecule has 0 spiro atoms. The van der Waals surface area contributed by atoms with E-state index in [0.29, 0.717) is 11.8 Å². The predicted octanol–water partition coefficient (Wildman–Crippen LogP) is 3.57. The minimum Gasteiger partial charge on any atom is -0.204 e. The summed E-state index contributed by atoms with van der Waals surface area (Å²) < 4.78 is 51.1. The maximum atomic E-state index is 12.9. The van der Waals surface area contributed by atoms with Crippen LogP contribution in [0.15, 0.2) is 11.0 Å². The SMILES string of the molecule is Fc1cc(F)c(F)c(SCCCl)c1F. The highest BCUT2D eigenvalue weighted by Gasteiger charge is 2.18. The Hall–Kier alpha value is -0.420. The van der Waals surface area contributed by atoms with Gasteiger partial charge in [0, 0.05) is 17.7 Å². The molecule has 0 saturated heterocycles. The molecule has 0 N–H and O–H groups in total. The highest BCUT2D eigenvalue weighted by Crippen LogP contribution is 2.28. The van der Waals surface area contributed by atoms with Gasteiger partial charge in [0.2, 0.25) is 0 Å². The van der Waals surface area contributed by atoms with E-state index in [4.69, 9.17) is 11.6 Å². The van der Waals surface area contributed by atoms with Crippen molar-refractivity contribution in [1.29, 1.82) is 0 Å². The fourth-order valence-corrected chi connectivity index (χ4v) is 1.78. The molecule has 78 valence electrons. The number of benzene rings is 1. The third-order valence-electron chi connectivity index (χ3n) is 1.40. The van der Waals surface area contributed by atoms with Crippen molar-refractivity contribution in [3.8, 4) is 0 Å². The number of thioether (sulfide) groups is 1. The zero-order chi connectivity index (χ0) is 10.7. The normalized spacial score (nSPS) is 10.6. The standard InChI is InChI=1S/C8H5ClF4S/c9-1-2-14-8-6(12)4(10)3-5(11)7(8)13/h3H,1-2H2. The molecule has 0 aromatic heterocycles. The van der Waals surface area contributed by atoms with E-state index in [-0.39, 0.29) is 17.7 Å². The highest BCUT2D eigenvalue weighted by atomic mass is 35.5. The van der Waals surface area contributed by atoms with E-state index in [1.165, 1.54) is 0 Å². The zero-order valence-electron chi connectivity index (χ0n) is 6.79. The molecule has 0 radical (unpaired) electrons.